The lowest BCUT2D eigenvalue weighted by Crippen LogP contribution is -2.03. The van der Waals surface area contributed by atoms with Crippen molar-refractivity contribution in [3.8, 4) is 5.06 Å². The van der Waals surface area contributed by atoms with E-state index >= 15 is 0 Å². The first-order valence-electron chi connectivity index (χ1n) is 4.38. The van der Waals surface area contributed by atoms with Crippen LogP contribution in [0.4, 0.5) is 18.0 Å². The Morgan fingerprint density at radius 2 is 2.00 bits per heavy atom. The van der Waals surface area contributed by atoms with Gasteiger partial charge in [0.1, 0.15) is 0 Å². The molecular weight excluding hydrogens is 257 g/mol. The quantitative estimate of drug-likeness (QED) is 0.791. The van der Waals surface area contributed by atoms with Crippen LogP contribution >= 0.6 is 11.3 Å². The van der Waals surface area contributed by atoms with E-state index in [4.69, 9.17) is 5.11 Å². The summed E-state index contributed by atoms with van der Waals surface area (Å²) in [4.78, 5) is 10.3. The number of ether oxygens (including phenoxy) is 1. The number of fused-ring (bicyclic) bond motifs is 1. The lowest BCUT2D eigenvalue weighted by atomic mass is 10.1. The molecule has 17 heavy (non-hydrogen) atoms. The molecule has 0 aliphatic carbocycles. The summed E-state index contributed by atoms with van der Waals surface area (Å²) in [6, 6.07) is 4.46. The zero-order valence-electron chi connectivity index (χ0n) is 8.12. The first-order valence-corrected chi connectivity index (χ1v) is 5.19. The highest BCUT2D eigenvalue weighted by Gasteiger charge is 2.30. The van der Waals surface area contributed by atoms with Crippen LogP contribution in [0.5, 0.6) is 5.06 Å². The highest BCUT2D eigenvalue weighted by molar-refractivity contribution is 7.20. The Bertz CT molecular complexity index is 574. The van der Waals surface area contributed by atoms with Crippen molar-refractivity contribution in [3.63, 3.8) is 0 Å². The van der Waals surface area contributed by atoms with E-state index in [1.165, 1.54) is 12.1 Å². The maximum Gasteiger partial charge on any atom is 0.512 e. The van der Waals surface area contributed by atoms with Crippen LogP contribution in [-0.4, -0.2) is 11.3 Å². The summed E-state index contributed by atoms with van der Waals surface area (Å²) in [6.07, 6.45) is -5.91. The molecule has 0 atom stereocenters. The molecule has 1 heterocycles. The van der Waals surface area contributed by atoms with Crippen LogP contribution in [0.3, 0.4) is 0 Å². The smallest absolute Gasteiger partial charge is 0.449 e. The number of hydrogen-bond acceptors (Lipinski definition) is 3. The van der Waals surface area contributed by atoms with Gasteiger partial charge in [-0.15, -0.1) is 0 Å². The molecule has 3 nitrogen and oxygen atoms in total. The van der Waals surface area contributed by atoms with Gasteiger partial charge < -0.3 is 9.84 Å². The van der Waals surface area contributed by atoms with Gasteiger partial charge in [-0.3, -0.25) is 0 Å². The Morgan fingerprint density at radius 1 is 1.29 bits per heavy atom. The van der Waals surface area contributed by atoms with Crippen LogP contribution in [-0.2, 0) is 6.18 Å². The third-order valence-electron chi connectivity index (χ3n) is 2.01. The fourth-order valence-electron chi connectivity index (χ4n) is 1.33. The third kappa shape index (κ3) is 2.50. The molecule has 0 radical (unpaired) electrons. The van der Waals surface area contributed by atoms with E-state index in [2.05, 4.69) is 4.74 Å². The van der Waals surface area contributed by atoms with Gasteiger partial charge in [0, 0.05) is 10.8 Å². The number of benzene rings is 1. The molecule has 0 spiro atoms. The Hall–Kier alpha value is -1.76. The van der Waals surface area contributed by atoms with Gasteiger partial charge in [0.05, 0.1) is 5.56 Å². The van der Waals surface area contributed by atoms with Crippen molar-refractivity contribution < 1.29 is 27.8 Å². The predicted octanol–water partition coefficient (Wildman–Crippen LogP) is 3.98. The van der Waals surface area contributed by atoms with E-state index in [0.29, 0.717) is 10.1 Å². The Morgan fingerprint density at radius 3 is 2.59 bits per heavy atom. The van der Waals surface area contributed by atoms with E-state index in [9.17, 15) is 18.0 Å². The monoisotopic (exact) mass is 262 g/mol. The van der Waals surface area contributed by atoms with Crippen molar-refractivity contribution in [1.29, 1.82) is 0 Å². The van der Waals surface area contributed by atoms with Gasteiger partial charge >= 0.3 is 12.3 Å². The van der Waals surface area contributed by atoms with Crippen LogP contribution in [0.25, 0.3) is 10.1 Å². The molecule has 0 aliphatic heterocycles. The van der Waals surface area contributed by atoms with E-state index in [1.54, 1.807) is 0 Å². The number of carboxylic acid groups (broad SMARTS) is 1. The molecule has 0 fully saturated rings. The molecular formula is C10H5F3O3S. The topological polar surface area (TPSA) is 46.5 Å². The first kappa shape index (κ1) is 11.7. The van der Waals surface area contributed by atoms with E-state index in [1.807, 2.05) is 0 Å². The standard InChI is InChI=1S/C10H5F3O3S/c11-10(12,13)6-1-2-7-5(3-6)4-8(17-7)16-9(14)15/h1-4H,(H,14,15). The molecule has 2 rings (SSSR count). The highest BCUT2D eigenvalue weighted by atomic mass is 32.1. The van der Waals surface area contributed by atoms with Crippen LogP contribution in [0, 0.1) is 0 Å². The second kappa shape index (κ2) is 3.92. The molecule has 0 saturated carbocycles. The van der Waals surface area contributed by atoms with Crippen molar-refractivity contribution in [2.24, 2.45) is 0 Å². The molecule has 2 aromatic rings. The Kier molecular flexibility index (Phi) is 2.70. The normalized spacial score (nSPS) is 11.7. The summed E-state index contributed by atoms with van der Waals surface area (Å²) >= 11 is 0.975. The highest BCUT2D eigenvalue weighted by Crippen LogP contribution is 2.36. The first-order chi connectivity index (χ1) is 7.86. The van der Waals surface area contributed by atoms with Crippen LogP contribution in [0.1, 0.15) is 5.56 Å². The zero-order valence-corrected chi connectivity index (χ0v) is 8.93. The lowest BCUT2D eigenvalue weighted by Gasteiger charge is -2.05. The minimum atomic E-state index is -4.41. The van der Waals surface area contributed by atoms with E-state index in [0.717, 1.165) is 23.5 Å². The molecule has 1 aromatic carbocycles. The van der Waals surface area contributed by atoms with Crippen molar-refractivity contribution in [2.45, 2.75) is 6.18 Å². The fourth-order valence-corrected chi connectivity index (χ4v) is 2.22. The van der Waals surface area contributed by atoms with Crippen molar-refractivity contribution in [1.82, 2.24) is 0 Å². The van der Waals surface area contributed by atoms with Gasteiger partial charge in [0.15, 0.2) is 5.06 Å². The Labute approximate surface area is 97.0 Å². The molecule has 1 aromatic heterocycles. The number of thiophene rings is 1. The van der Waals surface area contributed by atoms with Crippen molar-refractivity contribution in [2.75, 3.05) is 0 Å². The average Bonchev–Trinajstić information content (AvgIpc) is 2.55. The zero-order chi connectivity index (χ0) is 12.6. The molecule has 90 valence electrons. The number of carbonyl (C=O) groups is 1. The van der Waals surface area contributed by atoms with Crippen molar-refractivity contribution >= 4 is 27.6 Å². The predicted molar refractivity (Wildman–Crippen MR) is 55.5 cm³/mol. The Balaban J connectivity index is 2.44. The summed E-state index contributed by atoms with van der Waals surface area (Å²) in [6.45, 7) is 0. The second-order valence-electron chi connectivity index (χ2n) is 3.18. The lowest BCUT2D eigenvalue weighted by molar-refractivity contribution is -0.137. The van der Waals surface area contributed by atoms with E-state index < -0.39 is 17.9 Å². The number of alkyl halides is 3. The summed E-state index contributed by atoms with van der Waals surface area (Å²) in [7, 11) is 0. The number of hydrogen-bond donors (Lipinski definition) is 1. The van der Waals surface area contributed by atoms with Gasteiger partial charge in [0.2, 0.25) is 0 Å². The fraction of sp³-hybridized carbons (Fsp3) is 0.100. The van der Waals surface area contributed by atoms with Gasteiger partial charge in [-0.25, -0.2) is 4.79 Å². The number of halogens is 3. The van der Waals surface area contributed by atoms with Crippen molar-refractivity contribution in [3.05, 3.63) is 29.8 Å². The van der Waals surface area contributed by atoms with Gasteiger partial charge in [-0.05, 0) is 23.6 Å². The minimum Gasteiger partial charge on any atom is -0.449 e. The molecule has 0 amide bonds. The summed E-state index contributed by atoms with van der Waals surface area (Å²) in [5.74, 6) is 0. The third-order valence-corrected chi connectivity index (χ3v) is 3.00. The second-order valence-corrected chi connectivity index (χ2v) is 4.23. The summed E-state index contributed by atoms with van der Waals surface area (Å²) in [5.41, 5.74) is -0.773. The minimum absolute atomic E-state index is 0.0480. The molecule has 0 aliphatic rings. The summed E-state index contributed by atoms with van der Waals surface area (Å²) in [5, 5.41) is 8.73. The van der Waals surface area contributed by atoms with Crippen LogP contribution in [0.2, 0.25) is 0 Å². The van der Waals surface area contributed by atoms with Crippen LogP contribution < -0.4 is 4.74 Å². The molecule has 7 heteroatoms. The molecule has 0 saturated heterocycles. The number of rotatable bonds is 1. The maximum atomic E-state index is 12.4. The van der Waals surface area contributed by atoms with Gasteiger partial charge in [-0.2, -0.15) is 13.2 Å². The molecule has 0 bridgehead atoms. The molecule has 0 unspecified atom stereocenters. The van der Waals surface area contributed by atoms with E-state index in [-0.39, 0.29) is 5.06 Å². The van der Waals surface area contributed by atoms with Gasteiger partial charge in [0.25, 0.3) is 0 Å². The van der Waals surface area contributed by atoms with Gasteiger partial charge in [-0.1, -0.05) is 11.3 Å². The largest absolute Gasteiger partial charge is 0.512 e. The van der Waals surface area contributed by atoms with Crippen LogP contribution in [0.15, 0.2) is 24.3 Å². The average molecular weight is 262 g/mol. The summed E-state index contributed by atoms with van der Waals surface area (Å²) < 4.78 is 42.1. The maximum absolute atomic E-state index is 12.4. The molecule has 1 N–H and O–H groups in total. The SMILES string of the molecule is O=C(O)Oc1cc2cc(C(F)(F)F)ccc2s1.